The molecular formula is C12H17ClN2. The van der Waals surface area contributed by atoms with Gasteiger partial charge in [0, 0.05) is 18.1 Å². The zero-order chi connectivity index (χ0) is 11.1. The first-order valence-corrected chi connectivity index (χ1v) is 5.73. The molecular weight excluding hydrogens is 208 g/mol. The van der Waals surface area contributed by atoms with Gasteiger partial charge in [0.25, 0.3) is 0 Å². The quantitative estimate of drug-likeness (QED) is 0.787. The Labute approximate surface area is 96.2 Å². The molecule has 1 aromatic rings. The van der Waals surface area contributed by atoms with Gasteiger partial charge in [-0.25, -0.2) is 0 Å². The minimum Gasteiger partial charge on any atom is -0.381 e. The lowest BCUT2D eigenvalue weighted by atomic mass is 9.98. The van der Waals surface area contributed by atoms with E-state index in [9.17, 15) is 0 Å². The molecule has 0 atom stereocenters. The molecule has 0 bridgehead atoms. The molecule has 1 aliphatic heterocycles. The van der Waals surface area contributed by atoms with Crippen molar-refractivity contribution in [1.82, 2.24) is 0 Å². The summed E-state index contributed by atoms with van der Waals surface area (Å²) in [4.78, 5) is 2.41. The van der Waals surface area contributed by atoms with Gasteiger partial charge >= 0.3 is 0 Å². The Hall–Kier alpha value is -0.890. The third-order valence-corrected chi connectivity index (χ3v) is 3.24. The van der Waals surface area contributed by atoms with Crippen molar-refractivity contribution in [1.29, 1.82) is 0 Å². The molecule has 2 rings (SSSR count). The zero-order valence-corrected chi connectivity index (χ0v) is 10.2. The fourth-order valence-corrected chi connectivity index (χ4v) is 2.39. The molecule has 0 unspecified atom stereocenters. The SMILES string of the molecule is CCN1c2ccc(Cl)cc2NCC1(C)C. The molecule has 1 N–H and O–H groups in total. The summed E-state index contributed by atoms with van der Waals surface area (Å²) in [6, 6.07) is 6.04. The highest BCUT2D eigenvalue weighted by atomic mass is 35.5. The van der Waals surface area contributed by atoms with Crippen LogP contribution in [-0.4, -0.2) is 18.6 Å². The Morgan fingerprint density at radius 3 is 2.87 bits per heavy atom. The highest BCUT2D eigenvalue weighted by Gasteiger charge is 2.31. The average molecular weight is 225 g/mol. The van der Waals surface area contributed by atoms with Crippen LogP contribution in [0.15, 0.2) is 18.2 Å². The summed E-state index contributed by atoms with van der Waals surface area (Å²) in [6.45, 7) is 8.66. The van der Waals surface area contributed by atoms with Gasteiger partial charge in [0.15, 0.2) is 0 Å². The van der Waals surface area contributed by atoms with E-state index in [2.05, 4.69) is 37.1 Å². The molecule has 1 aliphatic rings. The van der Waals surface area contributed by atoms with Crippen molar-refractivity contribution in [3.63, 3.8) is 0 Å². The largest absolute Gasteiger partial charge is 0.381 e. The van der Waals surface area contributed by atoms with Crippen LogP contribution in [0.2, 0.25) is 5.02 Å². The van der Waals surface area contributed by atoms with E-state index >= 15 is 0 Å². The first-order valence-electron chi connectivity index (χ1n) is 5.35. The molecule has 15 heavy (non-hydrogen) atoms. The van der Waals surface area contributed by atoms with Crippen molar-refractivity contribution in [3.8, 4) is 0 Å². The van der Waals surface area contributed by atoms with Crippen LogP contribution >= 0.6 is 11.6 Å². The average Bonchev–Trinajstić information content (AvgIpc) is 2.18. The number of fused-ring (bicyclic) bond motifs is 1. The number of likely N-dealkylation sites (N-methyl/N-ethyl adjacent to an activating group) is 1. The monoisotopic (exact) mass is 224 g/mol. The van der Waals surface area contributed by atoms with Gasteiger partial charge in [-0.1, -0.05) is 11.6 Å². The van der Waals surface area contributed by atoms with Crippen molar-refractivity contribution >= 4 is 23.0 Å². The highest BCUT2D eigenvalue weighted by molar-refractivity contribution is 6.31. The van der Waals surface area contributed by atoms with Gasteiger partial charge in [-0.15, -0.1) is 0 Å². The van der Waals surface area contributed by atoms with Crippen molar-refractivity contribution in [2.24, 2.45) is 0 Å². The predicted octanol–water partition coefficient (Wildman–Crippen LogP) is 3.37. The van der Waals surface area contributed by atoms with E-state index in [-0.39, 0.29) is 5.54 Å². The summed E-state index contributed by atoms with van der Waals surface area (Å²) >= 11 is 5.98. The first-order chi connectivity index (χ1) is 7.04. The molecule has 0 saturated carbocycles. The van der Waals surface area contributed by atoms with E-state index in [4.69, 9.17) is 11.6 Å². The third kappa shape index (κ3) is 1.78. The van der Waals surface area contributed by atoms with E-state index in [1.54, 1.807) is 0 Å². The van der Waals surface area contributed by atoms with E-state index < -0.39 is 0 Å². The number of halogens is 1. The second kappa shape index (κ2) is 3.60. The number of benzene rings is 1. The molecule has 3 heteroatoms. The van der Waals surface area contributed by atoms with Crippen molar-refractivity contribution in [2.45, 2.75) is 26.3 Å². The van der Waals surface area contributed by atoms with Gasteiger partial charge in [0.05, 0.1) is 16.9 Å². The second-order valence-electron chi connectivity index (χ2n) is 4.57. The predicted molar refractivity (Wildman–Crippen MR) is 67.0 cm³/mol. The summed E-state index contributed by atoms with van der Waals surface area (Å²) in [5, 5.41) is 4.22. The van der Waals surface area contributed by atoms with E-state index in [0.29, 0.717) is 0 Å². The van der Waals surface area contributed by atoms with Gasteiger partial charge in [0.2, 0.25) is 0 Å². The molecule has 0 amide bonds. The Balaban J connectivity index is 2.47. The number of rotatable bonds is 1. The molecule has 0 saturated heterocycles. The summed E-state index contributed by atoms with van der Waals surface area (Å²) in [7, 11) is 0. The number of nitrogens with zero attached hydrogens (tertiary/aromatic N) is 1. The second-order valence-corrected chi connectivity index (χ2v) is 5.01. The molecule has 0 fully saturated rings. The summed E-state index contributed by atoms with van der Waals surface area (Å²) in [5.41, 5.74) is 2.55. The summed E-state index contributed by atoms with van der Waals surface area (Å²) < 4.78 is 0. The third-order valence-electron chi connectivity index (χ3n) is 3.01. The van der Waals surface area contributed by atoms with Crippen molar-refractivity contribution in [2.75, 3.05) is 23.3 Å². The van der Waals surface area contributed by atoms with Gasteiger partial charge in [-0.2, -0.15) is 0 Å². The molecule has 1 aromatic carbocycles. The molecule has 82 valence electrons. The maximum Gasteiger partial charge on any atom is 0.0608 e. The van der Waals surface area contributed by atoms with Crippen molar-refractivity contribution < 1.29 is 0 Å². The Morgan fingerprint density at radius 1 is 1.47 bits per heavy atom. The lowest BCUT2D eigenvalue weighted by molar-refractivity contribution is 0.480. The van der Waals surface area contributed by atoms with Gasteiger partial charge in [0.1, 0.15) is 0 Å². The molecule has 0 aromatic heterocycles. The lowest BCUT2D eigenvalue weighted by Crippen LogP contribution is -2.52. The first kappa shape index (κ1) is 10.6. The molecule has 0 aliphatic carbocycles. The topological polar surface area (TPSA) is 15.3 Å². The number of hydrogen-bond acceptors (Lipinski definition) is 2. The van der Waals surface area contributed by atoms with Crippen LogP contribution in [-0.2, 0) is 0 Å². The number of nitrogens with one attached hydrogen (secondary N) is 1. The maximum atomic E-state index is 5.98. The van der Waals surface area contributed by atoms with Crippen LogP contribution in [0.4, 0.5) is 11.4 Å². The van der Waals surface area contributed by atoms with E-state index in [1.807, 2.05) is 12.1 Å². The van der Waals surface area contributed by atoms with E-state index in [1.165, 1.54) is 5.69 Å². The molecule has 1 heterocycles. The minimum atomic E-state index is 0.162. The number of hydrogen-bond donors (Lipinski definition) is 1. The number of anilines is 2. The van der Waals surface area contributed by atoms with Crippen LogP contribution in [0, 0.1) is 0 Å². The van der Waals surface area contributed by atoms with Crippen LogP contribution in [0.25, 0.3) is 0 Å². The molecule has 0 radical (unpaired) electrons. The smallest absolute Gasteiger partial charge is 0.0608 e. The minimum absolute atomic E-state index is 0.162. The van der Waals surface area contributed by atoms with Crippen molar-refractivity contribution in [3.05, 3.63) is 23.2 Å². The maximum absolute atomic E-state index is 5.98. The fourth-order valence-electron chi connectivity index (χ4n) is 2.22. The summed E-state index contributed by atoms with van der Waals surface area (Å²) in [6.07, 6.45) is 0. The van der Waals surface area contributed by atoms with E-state index in [0.717, 1.165) is 23.8 Å². The van der Waals surface area contributed by atoms with Crippen LogP contribution in [0.5, 0.6) is 0 Å². The molecule has 0 spiro atoms. The van der Waals surface area contributed by atoms with Gasteiger partial charge < -0.3 is 10.2 Å². The summed E-state index contributed by atoms with van der Waals surface area (Å²) in [5.74, 6) is 0. The molecule has 2 nitrogen and oxygen atoms in total. The highest BCUT2D eigenvalue weighted by Crippen LogP contribution is 2.37. The normalized spacial score (nSPS) is 18.3. The Bertz CT molecular complexity index is 374. The van der Waals surface area contributed by atoms with Crippen LogP contribution < -0.4 is 10.2 Å². The standard InChI is InChI=1S/C12H17ClN2/c1-4-15-11-6-5-9(13)7-10(11)14-8-12(15,2)3/h5-7,14H,4,8H2,1-3H3. The zero-order valence-electron chi connectivity index (χ0n) is 9.47. The lowest BCUT2D eigenvalue weighted by Gasteiger charge is -2.45. The van der Waals surface area contributed by atoms with Crippen LogP contribution in [0.3, 0.4) is 0 Å². The van der Waals surface area contributed by atoms with Gasteiger partial charge in [-0.05, 0) is 39.0 Å². The Kier molecular flexibility index (Phi) is 2.55. The Morgan fingerprint density at radius 2 is 2.20 bits per heavy atom. The van der Waals surface area contributed by atoms with Gasteiger partial charge in [-0.3, -0.25) is 0 Å². The van der Waals surface area contributed by atoms with Crippen LogP contribution in [0.1, 0.15) is 20.8 Å². The fraction of sp³-hybridized carbons (Fsp3) is 0.500.